The number of hydrogen-bond acceptors (Lipinski definition) is 3. The molecule has 0 aliphatic carbocycles. The fourth-order valence-corrected chi connectivity index (χ4v) is 3.28. The monoisotopic (exact) mass is 327 g/mol. The third-order valence-corrected chi connectivity index (χ3v) is 4.48. The minimum atomic E-state index is -0.00162. The summed E-state index contributed by atoms with van der Waals surface area (Å²) in [6, 6.07) is 7.80. The van der Waals surface area contributed by atoms with Crippen molar-refractivity contribution >= 4 is 56.2 Å². The molecule has 2 nitrogen and oxygen atoms in total. The number of thioether (sulfide) groups is 1. The molecule has 0 N–H and O–H groups in total. The summed E-state index contributed by atoms with van der Waals surface area (Å²) >= 11 is 9.98. The van der Waals surface area contributed by atoms with Gasteiger partial charge in [-0.1, -0.05) is 58.1 Å². The second-order valence-corrected chi connectivity index (χ2v) is 5.98. The lowest BCUT2D eigenvalue weighted by atomic mass is 10.2. The van der Waals surface area contributed by atoms with Gasteiger partial charge in [0.05, 0.1) is 4.91 Å². The highest BCUT2D eigenvalue weighted by atomic mass is 79.9. The van der Waals surface area contributed by atoms with E-state index in [1.165, 1.54) is 11.8 Å². The van der Waals surface area contributed by atoms with Crippen molar-refractivity contribution in [3.8, 4) is 0 Å². The summed E-state index contributed by atoms with van der Waals surface area (Å²) in [6.07, 6.45) is 1.87. The first-order valence-corrected chi connectivity index (χ1v) is 7.15. The molecule has 17 heavy (non-hydrogen) atoms. The van der Waals surface area contributed by atoms with E-state index >= 15 is 0 Å². The second-order valence-electron chi connectivity index (χ2n) is 3.45. The summed E-state index contributed by atoms with van der Waals surface area (Å²) in [6.45, 7) is 2.55. The van der Waals surface area contributed by atoms with Crippen LogP contribution in [0.15, 0.2) is 33.6 Å². The summed E-state index contributed by atoms with van der Waals surface area (Å²) in [4.78, 5) is 14.3. The van der Waals surface area contributed by atoms with Crippen molar-refractivity contribution in [2.45, 2.75) is 6.92 Å². The lowest BCUT2D eigenvalue weighted by Gasteiger charge is -2.09. The van der Waals surface area contributed by atoms with Gasteiger partial charge in [-0.3, -0.25) is 9.69 Å². The Morgan fingerprint density at radius 2 is 2.18 bits per heavy atom. The standard InChI is InChI=1S/C12H10BrNOS2/c1-2-14-11(15)10(17-12(14)16)7-8-5-3-4-6-9(8)13/h3-7H,2H2,1H3/b10-7+. The molecule has 0 unspecified atom stereocenters. The van der Waals surface area contributed by atoms with Crippen LogP contribution in [-0.2, 0) is 4.79 Å². The van der Waals surface area contributed by atoms with Crippen LogP contribution >= 0.6 is 39.9 Å². The Hall–Kier alpha value is -0.650. The molecule has 5 heteroatoms. The maximum absolute atomic E-state index is 12.0. The van der Waals surface area contributed by atoms with Crippen molar-refractivity contribution in [1.29, 1.82) is 0 Å². The number of benzene rings is 1. The van der Waals surface area contributed by atoms with E-state index in [1.54, 1.807) is 4.90 Å². The SMILES string of the molecule is CCN1C(=O)/C(=C\c2ccccc2Br)SC1=S. The van der Waals surface area contributed by atoms with E-state index in [9.17, 15) is 4.79 Å². The third kappa shape index (κ3) is 2.61. The number of carbonyl (C=O) groups is 1. The van der Waals surface area contributed by atoms with Gasteiger partial charge in [0.25, 0.3) is 5.91 Å². The van der Waals surface area contributed by atoms with Gasteiger partial charge in [-0.05, 0) is 24.6 Å². The Bertz CT molecular complexity index is 513. The highest BCUT2D eigenvalue weighted by Crippen LogP contribution is 2.33. The molecule has 1 aromatic rings. The van der Waals surface area contributed by atoms with Gasteiger partial charge in [-0.15, -0.1) is 0 Å². The van der Waals surface area contributed by atoms with Crippen LogP contribution in [0.1, 0.15) is 12.5 Å². The average molecular weight is 328 g/mol. The molecule has 1 aromatic carbocycles. The molecule has 0 spiro atoms. The molecular formula is C12H10BrNOS2. The predicted molar refractivity (Wildman–Crippen MR) is 79.7 cm³/mol. The quantitative estimate of drug-likeness (QED) is 0.610. The lowest BCUT2D eigenvalue weighted by molar-refractivity contribution is -0.121. The largest absolute Gasteiger partial charge is 0.293 e. The van der Waals surface area contributed by atoms with E-state index in [2.05, 4.69) is 15.9 Å². The maximum atomic E-state index is 12.0. The highest BCUT2D eigenvalue weighted by molar-refractivity contribution is 9.10. The van der Waals surface area contributed by atoms with E-state index in [0.717, 1.165) is 10.0 Å². The topological polar surface area (TPSA) is 20.3 Å². The van der Waals surface area contributed by atoms with Gasteiger partial charge in [0.1, 0.15) is 4.32 Å². The number of likely N-dealkylation sites (N-methyl/N-ethyl adjacent to an activating group) is 1. The number of hydrogen-bond donors (Lipinski definition) is 0. The van der Waals surface area contributed by atoms with E-state index < -0.39 is 0 Å². The number of nitrogens with zero attached hydrogens (tertiary/aromatic N) is 1. The van der Waals surface area contributed by atoms with E-state index in [4.69, 9.17) is 12.2 Å². The maximum Gasteiger partial charge on any atom is 0.266 e. The van der Waals surface area contributed by atoms with Crippen LogP contribution in [0.25, 0.3) is 6.08 Å². The first-order valence-electron chi connectivity index (χ1n) is 5.13. The van der Waals surface area contributed by atoms with Gasteiger partial charge >= 0.3 is 0 Å². The van der Waals surface area contributed by atoms with Crippen LogP contribution in [0.4, 0.5) is 0 Å². The Morgan fingerprint density at radius 1 is 1.47 bits per heavy atom. The van der Waals surface area contributed by atoms with Gasteiger partial charge in [0.15, 0.2) is 0 Å². The molecule has 0 bridgehead atoms. The Kier molecular flexibility index (Phi) is 4.01. The minimum Gasteiger partial charge on any atom is -0.293 e. The van der Waals surface area contributed by atoms with Crippen LogP contribution in [0.3, 0.4) is 0 Å². The molecule has 0 saturated carbocycles. The summed E-state index contributed by atoms with van der Waals surface area (Å²) < 4.78 is 1.61. The molecule has 0 aromatic heterocycles. The molecule has 1 heterocycles. The van der Waals surface area contributed by atoms with Crippen molar-refractivity contribution in [2.24, 2.45) is 0 Å². The molecule has 1 amide bonds. The van der Waals surface area contributed by atoms with E-state index in [1.807, 2.05) is 37.3 Å². The molecule has 0 atom stereocenters. The molecule has 1 fully saturated rings. The molecule has 2 rings (SSSR count). The Labute approximate surface area is 118 Å². The van der Waals surface area contributed by atoms with Crippen LogP contribution in [0.5, 0.6) is 0 Å². The van der Waals surface area contributed by atoms with Crippen molar-refractivity contribution in [3.63, 3.8) is 0 Å². The first-order chi connectivity index (χ1) is 8.13. The van der Waals surface area contributed by atoms with Crippen LogP contribution < -0.4 is 0 Å². The van der Waals surface area contributed by atoms with Crippen molar-refractivity contribution in [3.05, 3.63) is 39.2 Å². The van der Waals surface area contributed by atoms with E-state index in [0.29, 0.717) is 15.8 Å². The Balaban J connectivity index is 2.34. The van der Waals surface area contributed by atoms with Gasteiger partial charge < -0.3 is 0 Å². The third-order valence-electron chi connectivity index (χ3n) is 2.38. The molecule has 1 aliphatic heterocycles. The first kappa shape index (κ1) is 12.8. The number of thiocarbonyl (C=S) groups is 1. The van der Waals surface area contributed by atoms with E-state index in [-0.39, 0.29) is 5.91 Å². The van der Waals surface area contributed by atoms with Gasteiger partial charge in [0, 0.05) is 11.0 Å². The molecule has 88 valence electrons. The van der Waals surface area contributed by atoms with Gasteiger partial charge in [-0.25, -0.2) is 0 Å². The van der Waals surface area contributed by atoms with Crippen molar-refractivity contribution < 1.29 is 4.79 Å². The van der Waals surface area contributed by atoms with Crippen LogP contribution in [0, 0.1) is 0 Å². The van der Waals surface area contributed by atoms with Crippen LogP contribution in [0.2, 0.25) is 0 Å². The number of amides is 1. The molecule has 0 radical (unpaired) electrons. The number of carbonyl (C=O) groups excluding carboxylic acids is 1. The molecule has 1 saturated heterocycles. The Morgan fingerprint density at radius 3 is 2.76 bits per heavy atom. The summed E-state index contributed by atoms with van der Waals surface area (Å²) in [5.74, 6) is -0.00162. The second kappa shape index (κ2) is 5.33. The molecular weight excluding hydrogens is 318 g/mol. The molecule has 1 aliphatic rings. The fraction of sp³-hybridized carbons (Fsp3) is 0.167. The number of halogens is 1. The zero-order valence-corrected chi connectivity index (χ0v) is 12.4. The normalized spacial score (nSPS) is 18.2. The summed E-state index contributed by atoms with van der Waals surface area (Å²) in [5, 5.41) is 0. The lowest BCUT2D eigenvalue weighted by Crippen LogP contribution is -2.27. The number of rotatable bonds is 2. The zero-order chi connectivity index (χ0) is 12.4. The summed E-state index contributed by atoms with van der Waals surface area (Å²) in [5.41, 5.74) is 0.990. The average Bonchev–Trinajstić information content (AvgIpc) is 2.57. The smallest absolute Gasteiger partial charge is 0.266 e. The van der Waals surface area contributed by atoms with Crippen molar-refractivity contribution in [1.82, 2.24) is 4.90 Å². The van der Waals surface area contributed by atoms with Gasteiger partial charge in [-0.2, -0.15) is 0 Å². The van der Waals surface area contributed by atoms with Crippen LogP contribution in [-0.4, -0.2) is 21.7 Å². The van der Waals surface area contributed by atoms with Crippen molar-refractivity contribution in [2.75, 3.05) is 6.54 Å². The highest BCUT2D eigenvalue weighted by Gasteiger charge is 2.30. The zero-order valence-electron chi connectivity index (χ0n) is 9.14. The fourth-order valence-electron chi connectivity index (χ4n) is 1.51. The van der Waals surface area contributed by atoms with Gasteiger partial charge in [0.2, 0.25) is 0 Å². The summed E-state index contributed by atoms with van der Waals surface area (Å²) in [7, 11) is 0. The predicted octanol–water partition coefficient (Wildman–Crippen LogP) is 3.67. The minimum absolute atomic E-state index is 0.00162.